The average molecular weight is 496 g/mol. The number of aryl methyl sites for hydroxylation is 1. The molecule has 3 rings (SSSR count). The summed E-state index contributed by atoms with van der Waals surface area (Å²) in [5.41, 5.74) is 1.53. The molecule has 0 aliphatic rings. The van der Waals surface area contributed by atoms with Crippen LogP contribution in [0.4, 0.5) is 15.8 Å². The van der Waals surface area contributed by atoms with E-state index in [1.165, 1.54) is 42.5 Å². The van der Waals surface area contributed by atoms with E-state index in [9.17, 15) is 24.1 Å². The lowest BCUT2D eigenvalue weighted by Crippen LogP contribution is -2.30. The molecule has 2 amide bonds. The summed E-state index contributed by atoms with van der Waals surface area (Å²) in [5, 5.41) is 16.2. The van der Waals surface area contributed by atoms with Crippen molar-refractivity contribution in [3.05, 3.63) is 110 Å². The number of hydrogen-bond donors (Lipinski definition) is 2. The number of nitrogens with zero attached hydrogens (tertiary/aromatic N) is 1. The van der Waals surface area contributed by atoms with Gasteiger partial charge in [-0.1, -0.05) is 49.2 Å². The molecule has 0 aromatic heterocycles. The number of unbranched alkanes of at least 4 members (excludes halogenated alkanes) is 1. The second kappa shape index (κ2) is 11.9. The van der Waals surface area contributed by atoms with Crippen molar-refractivity contribution in [1.82, 2.24) is 5.32 Å². The van der Waals surface area contributed by atoms with Gasteiger partial charge in [-0.2, -0.15) is 0 Å². The molecular formula is C26H23ClFN3O4. The fraction of sp³-hybridized carbons (Fsp3) is 0.154. The summed E-state index contributed by atoms with van der Waals surface area (Å²) in [6.07, 6.45) is 4.39. The van der Waals surface area contributed by atoms with Crippen LogP contribution in [0.5, 0.6) is 0 Å². The van der Waals surface area contributed by atoms with Crippen LogP contribution >= 0.6 is 11.6 Å². The van der Waals surface area contributed by atoms with E-state index in [0.717, 1.165) is 30.9 Å². The second-order valence-corrected chi connectivity index (χ2v) is 8.15. The van der Waals surface area contributed by atoms with E-state index in [1.54, 1.807) is 12.1 Å². The van der Waals surface area contributed by atoms with Crippen molar-refractivity contribution in [2.75, 3.05) is 5.32 Å². The van der Waals surface area contributed by atoms with Crippen molar-refractivity contribution in [3.8, 4) is 0 Å². The van der Waals surface area contributed by atoms with Crippen molar-refractivity contribution >= 4 is 40.9 Å². The highest BCUT2D eigenvalue weighted by Crippen LogP contribution is 2.27. The highest BCUT2D eigenvalue weighted by Gasteiger charge is 2.18. The van der Waals surface area contributed by atoms with E-state index in [-0.39, 0.29) is 22.1 Å². The summed E-state index contributed by atoms with van der Waals surface area (Å²) in [5.74, 6) is -1.69. The third kappa shape index (κ3) is 7.22. The first-order valence-corrected chi connectivity index (χ1v) is 11.3. The Morgan fingerprint density at radius 1 is 1.06 bits per heavy atom. The van der Waals surface area contributed by atoms with Crippen molar-refractivity contribution < 1.29 is 18.9 Å². The lowest BCUT2D eigenvalue weighted by atomic mass is 10.1. The summed E-state index contributed by atoms with van der Waals surface area (Å²) in [6.45, 7) is 2.10. The van der Waals surface area contributed by atoms with E-state index in [2.05, 4.69) is 17.6 Å². The molecule has 0 spiro atoms. The standard InChI is InChI=1S/C26H23ClFN3O4/c1-2-3-4-17-5-9-19(10-6-17)25(32)30-23(15-18-7-11-20(28)12-8-18)26(33)29-21-13-14-22(27)24(16-21)31(34)35/h5-16H,2-4H2,1H3,(H,29,33)(H,30,32)/b23-15-. The molecule has 35 heavy (non-hydrogen) atoms. The summed E-state index contributed by atoms with van der Waals surface area (Å²) >= 11 is 5.83. The Bertz CT molecular complexity index is 1260. The Kier molecular flexibility index (Phi) is 8.69. The Balaban J connectivity index is 1.86. The number of nitro groups is 1. The number of hydrogen-bond acceptors (Lipinski definition) is 4. The van der Waals surface area contributed by atoms with Gasteiger partial charge in [-0.15, -0.1) is 0 Å². The van der Waals surface area contributed by atoms with Gasteiger partial charge in [0.25, 0.3) is 17.5 Å². The molecule has 0 bridgehead atoms. The van der Waals surface area contributed by atoms with Crippen LogP contribution in [-0.2, 0) is 11.2 Å². The summed E-state index contributed by atoms with van der Waals surface area (Å²) < 4.78 is 13.3. The quantitative estimate of drug-likeness (QED) is 0.211. The summed E-state index contributed by atoms with van der Waals surface area (Å²) in [7, 11) is 0. The zero-order chi connectivity index (χ0) is 25.4. The minimum Gasteiger partial charge on any atom is -0.320 e. The lowest BCUT2D eigenvalue weighted by Gasteiger charge is -2.12. The number of benzene rings is 3. The maximum Gasteiger partial charge on any atom is 0.289 e. The lowest BCUT2D eigenvalue weighted by molar-refractivity contribution is -0.384. The van der Waals surface area contributed by atoms with Crippen LogP contribution in [0.25, 0.3) is 6.08 Å². The smallest absolute Gasteiger partial charge is 0.289 e. The second-order valence-electron chi connectivity index (χ2n) is 7.74. The third-order valence-electron chi connectivity index (χ3n) is 5.11. The molecule has 2 N–H and O–H groups in total. The van der Waals surface area contributed by atoms with Gasteiger partial charge in [-0.3, -0.25) is 19.7 Å². The average Bonchev–Trinajstić information content (AvgIpc) is 2.84. The molecule has 0 heterocycles. The minimum atomic E-state index is -0.723. The van der Waals surface area contributed by atoms with Crippen molar-refractivity contribution in [3.63, 3.8) is 0 Å². The first kappa shape index (κ1) is 25.6. The van der Waals surface area contributed by atoms with Gasteiger partial charge in [0.1, 0.15) is 16.5 Å². The van der Waals surface area contributed by atoms with Crippen molar-refractivity contribution in [2.45, 2.75) is 26.2 Å². The van der Waals surface area contributed by atoms with E-state index in [4.69, 9.17) is 11.6 Å². The normalized spacial score (nSPS) is 11.1. The van der Waals surface area contributed by atoms with Crippen LogP contribution in [0.15, 0.2) is 72.4 Å². The number of nitrogens with one attached hydrogen (secondary N) is 2. The Labute approximate surface area is 206 Å². The number of carbonyl (C=O) groups excluding carboxylic acids is 2. The van der Waals surface area contributed by atoms with Crippen LogP contribution in [0.1, 0.15) is 41.3 Å². The SMILES string of the molecule is CCCCc1ccc(C(=O)N/C(=C\c2ccc(F)cc2)C(=O)Nc2ccc(Cl)c([N+](=O)[O-])c2)cc1. The van der Waals surface area contributed by atoms with Gasteiger partial charge in [0.2, 0.25) is 0 Å². The van der Waals surface area contributed by atoms with Gasteiger partial charge in [-0.05, 0) is 66.4 Å². The minimum absolute atomic E-state index is 0.0780. The number of carbonyl (C=O) groups is 2. The summed E-state index contributed by atoms with van der Waals surface area (Å²) in [4.78, 5) is 36.4. The number of amides is 2. The molecule has 180 valence electrons. The fourth-order valence-electron chi connectivity index (χ4n) is 3.21. The molecule has 0 saturated carbocycles. The molecule has 3 aromatic carbocycles. The van der Waals surface area contributed by atoms with Crippen molar-refractivity contribution in [1.29, 1.82) is 0 Å². The van der Waals surface area contributed by atoms with Gasteiger partial charge >= 0.3 is 0 Å². The zero-order valence-electron chi connectivity index (χ0n) is 18.9. The van der Waals surface area contributed by atoms with Crippen LogP contribution in [-0.4, -0.2) is 16.7 Å². The van der Waals surface area contributed by atoms with Crippen LogP contribution in [0.2, 0.25) is 5.02 Å². The number of nitro benzene ring substituents is 1. The molecule has 0 aliphatic heterocycles. The molecule has 7 nitrogen and oxygen atoms in total. The van der Waals surface area contributed by atoms with E-state index < -0.39 is 22.6 Å². The summed E-state index contributed by atoms with van der Waals surface area (Å²) in [6, 6.07) is 16.2. The molecule has 0 radical (unpaired) electrons. The largest absolute Gasteiger partial charge is 0.320 e. The molecule has 0 unspecified atom stereocenters. The monoisotopic (exact) mass is 495 g/mol. The van der Waals surface area contributed by atoms with Gasteiger partial charge in [0.15, 0.2) is 0 Å². The molecule has 9 heteroatoms. The Morgan fingerprint density at radius 2 is 1.74 bits per heavy atom. The maximum absolute atomic E-state index is 13.3. The predicted molar refractivity (Wildman–Crippen MR) is 134 cm³/mol. The first-order valence-electron chi connectivity index (χ1n) is 10.9. The van der Waals surface area contributed by atoms with Gasteiger partial charge in [0.05, 0.1) is 4.92 Å². The van der Waals surface area contributed by atoms with E-state index in [0.29, 0.717) is 11.1 Å². The number of anilines is 1. The number of rotatable bonds is 9. The third-order valence-corrected chi connectivity index (χ3v) is 5.43. The first-order chi connectivity index (χ1) is 16.8. The molecular weight excluding hydrogens is 473 g/mol. The van der Waals surface area contributed by atoms with E-state index in [1.807, 2.05) is 12.1 Å². The highest BCUT2D eigenvalue weighted by molar-refractivity contribution is 6.32. The zero-order valence-corrected chi connectivity index (χ0v) is 19.6. The topological polar surface area (TPSA) is 101 Å². The van der Waals surface area contributed by atoms with Crippen LogP contribution < -0.4 is 10.6 Å². The molecule has 3 aromatic rings. The van der Waals surface area contributed by atoms with Crippen LogP contribution in [0.3, 0.4) is 0 Å². The van der Waals surface area contributed by atoms with Gasteiger partial charge in [0, 0.05) is 17.3 Å². The number of halogens is 2. The van der Waals surface area contributed by atoms with E-state index >= 15 is 0 Å². The molecule has 0 atom stereocenters. The van der Waals surface area contributed by atoms with Crippen molar-refractivity contribution in [2.24, 2.45) is 0 Å². The Morgan fingerprint density at radius 3 is 2.37 bits per heavy atom. The highest BCUT2D eigenvalue weighted by atomic mass is 35.5. The maximum atomic E-state index is 13.3. The fourth-order valence-corrected chi connectivity index (χ4v) is 3.40. The molecule has 0 saturated heterocycles. The molecule has 0 fully saturated rings. The van der Waals surface area contributed by atoms with Crippen LogP contribution in [0, 0.1) is 15.9 Å². The Hall–Kier alpha value is -4.04. The van der Waals surface area contributed by atoms with Gasteiger partial charge in [-0.25, -0.2) is 4.39 Å². The predicted octanol–water partition coefficient (Wildman–Crippen LogP) is 6.14. The van der Waals surface area contributed by atoms with Gasteiger partial charge < -0.3 is 10.6 Å². The molecule has 0 aliphatic carbocycles.